The van der Waals surface area contributed by atoms with E-state index in [9.17, 15) is 22.4 Å². The molecule has 40 heavy (non-hydrogen) atoms. The third kappa shape index (κ3) is 7.55. The Hall–Kier alpha value is -4.49. The summed E-state index contributed by atoms with van der Waals surface area (Å²) in [6.07, 6.45) is -2.28. The normalized spacial score (nSPS) is 14.9. The first-order chi connectivity index (χ1) is 19.0. The minimum absolute atomic E-state index is 0.0495. The predicted molar refractivity (Wildman–Crippen MR) is 145 cm³/mol. The van der Waals surface area contributed by atoms with Gasteiger partial charge in [-0.1, -0.05) is 42.0 Å². The molecule has 1 aliphatic rings. The van der Waals surface area contributed by atoms with Crippen LogP contribution in [0.1, 0.15) is 41.1 Å². The molecule has 10 heteroatoms. The molecule has 0 aliphatic heterocycles. The Balaban J connectivity index is 1.68. The largest absolute Gasteiger partial charge is 0.430 e. The van der Waals surface area contributed by atoms with Gasteiger partial charge in [0.15, 0.2) is 0 Å². The zero-order valence-corrected chi connectivity index (χ0v) is 21.6. The number of halogens is 4. The number of amides is 1. The number of carbonyl (C=O) groups excluding carboxylic acids is 1. The van der Waals surface area contributed by atoms with Gasteiger partial charge in [-0.15, -0.1) is 0 Å². The molecule has 4 rings (SSSR count). The number of aryl methyl sites for hydroxylation is 1. The number of carbonyl (C=O) groups is 1. The number of allylic oxidation sites excluding steroid dienone is 1. The van der Waals surface area contributed by atoms with Crippen LogP contribution in [-0.2, 0) is 4.79 Å². The van der Waals surface area contributed by atoms with Crippen LogP contribution in [0.3, 0.4) is 0 Å². The molecule has 0 bridgehead atoms. The maximum Gasteiger partial charge on any atom is 0.430 e. The summed E-state index contributed by atoms with van der Waals surface area (Å²) in [6.45, 7) is 2.73. The SMILES string of the molecule is Cc1cccc(C(NCC2CC2)c2ccc(F)c(NC(=O)C(C=C(N)C(F)(F)F)=Nc3cccc(C#N)c3)c2)c1. The van der Waals surface area contributed by atoms with Crippen molar-refractivity contribution in [1.29, 1.82) is 5.26 Å². The van der Waals surface area contributed by atoms with Gasteiger partial charge in [0.2, 0.25) is 0 Å². The molecule has 0 radical (unpaired) electrons. The second-order valence-corrected chi connectivity index (χ2v) is 9.65. The Morgan fingerprint density at radius 2 is 1.85 bits per heavy atom. The highest BCUT2D eigenvalue weighted by Crippen LogP contribution is 2.31. The Labute approximate surface area is 229 Å². The second kappa shape index (κ2) is 12.1. The second-order valence-electron chi connectivity index (χ2n) is 9.65. The van der Waals surface area contributed by atoms with E-state index < -0.39 is 29.3 Å². The lowest BCUT2D eigenvalue weighted by Gasteiger charge is -2.21. The van der Waals surface area contributed by atoms with Crippen molar-refractivity contribution in [3.63, 3.8) is 0 Å². The first-order valence-electron chi connectivity index (χ1n) is 12.6. The van der Waals surface area contributed by atoms with E-state index in [0.29, 0.717) is 17.6 Å². The summed E-state index contributed by atoms with van der Waals surface area (Å²) in [5.74, 6) is -1.32. The minimum Gasteiger partial charge on any atom is -0.395 e. The van der Waals surface area contributed by atoms with Crippen molar-refractivity contribution >= 4 is 23.0 Å². The van der Waals surface area contributed by atoms with Gasteiger partial charge in [-0.05, 0) is 79.8 Å². The Morgan fingerprint density at radius 1 is 1.12 bits per heavy atom. The summed E-state index contributed by atoms with van der Waals surface area (Å²) in [6, 6.07) is 19.3. The van der Waals surface area contributed by atoms with E-state index in [1.54, 1.807) is 6.07 Å². The van der Waals surface area contributed by atoms with E-state index in [4.69, 9.17) is 11.0 Å². The lowest BCUT2D eigenvalue weighted by Crippen LogP contribution is -2.27. The number of nitrogens with two attached hydrogens (primary N) is 1. The first kappa shape index (κ1) is 28.5. The summed E-state index contributed by atoms with van der Waals surface area (Å²) >= 11 is 0. The van der Waals surface area contributed by atoms with Gasteiger partial charge in [-0.2, -0.15) is 18.4 Å². The smallest absolute Gasteiger partial charge is 0.395 e. The van der Waals surface area contributed by atoms with E-state index in [1.807, 2.05) is 37.3 Å². The van der Waals surface area contributed by atoms with Crippen LogP contribution in [0.4, 0.5) is 28.9 Å². The molecule has 3 aromatic carbocycles. The molecule has 6 nitrogen and oxygen atoms in total. The molecule has 0 heterocycles. The van der Waals surface area contributed by atoms with Crippen molar-refractivity contribution in [1.82, 2.24) is 5.32 Å². The van der Waals surface area contributed by atoms with E-state index in [1.165, 1.54) is 36.4 Å². The van der Waals surface area contributed by atoms with Crippen LogP contribution in [0.2, 0.25) is 0 Å². The zero-order chi connectivity index (χ0) is 28.9. The molecule has 1 saturated carbocycles. The van der Waals surface area contributed by atoms with Crippen molar-refractivity contribution in [3.8, 4) is 6.07 Å². The topological polar surface area (TPSA) is 103 Å². The number of rotatable bonds is 9. The average Bonchev–Trinajstić information content (AvgIpc) is 3.74. The van der Waals surface area contributed by atoms with Crippen LogP contribution in [0.25, 0.3) is 0 Å². The fourth-order valence-electron chi connectivity index (χ4n) is 4.05. The third-order valence-electron chi connectivity index (χ3n) is 6.33. The molecule has 0 aromatic heterocycles. The Bertz CT molecular complexity index is 1500. The fourth-order valence-corrected chi connectivity index (χ4v) is 4.05. The summed E-state index contributed by atoms with van der Waals surface area (Å²) < 4.78 is 54.5. The van der Waals surface area contributed by atoms with E-state index in [-0.39, 0.29) is 23.0 Å². The predicted octanol–water partition coefficient (Wildman–Crippen LogP) is 6.21. The molecule has 206 valence electrons. The number of benzene rings is 3. The molecule has 1 fully saturated rings. The number of aliphatic imine (C=N–C) groups is 1. The van der Waals surface area contributed by atoms with Gasteiger partial charge < -0.3 is 16.4 Å². The van der Waals surface area contributed by atoms with Crippen LogP contribution in [0.5, 0.6) is 0 Å². The van der Waals surface area contributed by atoms with Crippen molar-refractivity contribution in [2.24, 2.45) is 16.6 Å². The standard InChI is InChI=1S/C30H27F4N5O/c1-18-4-2-6-21(12-18)28(37-17-19-8-9-19)22-10-11-24(31)25(14-22)39-29(40)26(15-27(36)30(32,33)34)38-23-7-3-5-20(13-23)16-35/h2-7,10-15,19,28,37H,8-9,17,36H2,1H3,(H,39,40). The molecule has 1 amide bonds. The van der Waals surface area contributed by atoms with Gasteiger partial charge in [0.25, 0.3) is 5.91 Å². The van der Waals surface area contributed by atoms with Crippen LogP contribution >= 0.6 is 0 Å². The van der Waals surface area contributed by atoms with Crippen LogP contribution in [0.15, 0.2) is 83.5 Å². The number of alkyl halides is 3. The molecule has 3 aromatic rings. The summed E-state index contributed by atoms with van der Waals surface area (Å²) in [5, 5.41) is 15.0. The molecule has 4 N–H and O–H groups in total. The van der Waals surface area contributed by atoms with Gasteiger partial charge >= 0.3 is 6.18 Å². The van der Waals surface area contributed by atoms with Crippen LogP contribution in [-0.4, -0.2) is 24.3 Å². The molecule has 0 saturated heterocycles. The molecule has 1 aliphatic carbocycles. The average molecular weight is 550 g/mol. The van der Waals surface area contributed by atoms with Gasteiger partial charge in [0.1, 0.15) is 17.2 Å². The summed E-state index contributed by atoms with van der Waals surface area (Å²) in [4.78, 5) is 17.1. The molecular formula is C30H27F4N5O. The third-order valence-corrected chi connectivity index (χ3v) is 6.33. The monoisotopic (exact) mass is 549 g/mol. The zero-order valence-electron chi connectivity index (χ0n) is 21.6. The molecular weight excluding hydrogens is 522 g/mol. The van der Waals surface area contributed by atoms with Crippen molar-refractivity contribution < 1.29 is 22.4 Å². The first-order valence-corrected chi connectivity index (χ1v) is 12.6. The molecule has 0 spiro atoms. The quantitative estimate of drug-likeness (QED) is 0.218. The van der Waals surface area contributed by atoms with Crippen molar-refractivity contribution in [3.05, 3.63) is 107 Å². The van der Waals surface area contributed by atoms with Crippen LogP contribution < -0.4 is 16.4 Å². The molecule has 1 unspecified atom stereocenters. The van der Waals surface area contributed by atoms with Crippen molar-refractivity contribution in [2.75, 3.05) is 11.9 Å². The number of nitriles is 1. The highest BCUT2D eigenvalue weighted by Gasteiger charge is 2.32. The van der Waals surface area contributed by atoms with E-state index >= 15 is 0 Å². The van der Waals surface area contributed by atoms with Crippen LogP contribution in [0, 0.1) is 30.0 Å². The molecule has 1 atom stereocenters. The van der Waals surface area contributed by atoms with E-state index in [2.05, 4.69) is 15.6 Å². The lowest BCUT2D eigenvalue weighted by atomic mass is 9.96. The fraction of sp³-hybridized carbons (Fsp3) is 0.233. The number of nitrogens with one attached hydrogen (secondary N) is 2. The Kier molecular flexibility index (Phi) is 8.65. The van der Waals surface area contributed by atoms with Gasteiger partial charge in [-0.3, -0.25) is 4.79 Å². The maximum absolute atomic E-state index is 14.9. The van der Waals surface area contributed by atoms with E-state index in [0.717, 1.165) is 30.5 Å². The van der Waals surface area contributed by atoms with Crippen molar-refractivity contribution in [2.45, 2.75) is 32.0 Å². The highest BCUT2D eigenvalue weighted by atomic mass is 19.4. The lowest BCUT2D eigenvalue weighted by molar-refractivity contribution is -0.110. The summed E-state index contributed by atoms with van der Waals surface area (Å²) in [7, 11) is 0. The summed E-state index contributed by atoms with van der Waals surface area (Å²) in [5.41, 5.74) is 5.56. The number of nitrogens with zero attached hydrogens (tertiary/aromatic N) is 2. The van der Waals surface area contributed by atoms with Gasteiger partial charge in [0.05, 0.1) is 29.0 Å². The number of anilines is 1. The minimum atomic E-state index is -4.92. The van der Waals surface area contributed by atoms with Gasteiger partial charge in [-0.25, -0.2) is 9.38 Å². The Morgan fingerprint density at radius 3 is 2.52 bits per heavy atom. The highest BCUT2D eigenvalue weighted by molar-refractivity contribution is 6.47. The number of hydrogen-bond donors (Lipinski definition) is 3. The number of hydrogen-bond acceptors (Lipinski definition) is 5. The maximum atomic E-state index is 14.9. The van der Waals surface area contributed by atoms with Gasteiger partial charge in [0, 0.05) is 0 Å².